The molecule has 0 atom stereocenters. The van der Waals surface area contributed by atoms with Gasteiger partial charge in [-0.15, -0.1) is 0 Å². The molecular weight excluding hydrogens is 284 g/mol. The van der Waals surface area contributed by atoms with Gasteiger partial charge in [-0.1, -0.05) is 0 Å². The molecule has 92 valence electrons. The highest BCUT2D eigenvalue weighted by Gasteiger charge is 2.16. The van der Waals surface area contributed by atoms with Crippen LogP contribution < -0.4 is 0 Å². The molecule has 0 saturated carbocycles. The van der Waals surface area contributed by atoms with Crippen molar-refractivity contribution >= 4 is 27.7 Å². The van der Waals surface area contributed by atoms with E-state index in [4.69, 9.17) is 0 Å². The lowest BCUT2D eigenvalue weighted by molar-refractivity contribution is 0.0825. The summed E-state index contributed by atoms with van der Waals surface area (Å²) in [5.74, 6) is -0.254. The van der Waals surface area contributed by atoms with Crippen LogP contribution in [0.25, 0.3) is 0 Å². The monoisotopic (exact) mass is 298 g/mol. The van der Waals surface area contributed by atoms with Crippen LogP contribution in [0.1, 0.15) is 20.7 Å². The Hall–Kier alpha value is -1.36. The van der Waals surface area contributed by atoms with Gasteiger partial charge in [0.15, 0.2) is 0 Å². The molecule has 0 radical (unpaired) electrons. The Labute approximate surface area is 109 Å². The number of hydrogen-bond acceptors (Lipinski definition) is 2. The van der Waals surface area contributed by atoms with Gasteiger partial charge in [0.1, 0.15) is 0 Å². The zero-order valence-electron chi connectivity index (χ0n) is 10.3. The third-order valence-electron chi connectivity index (χ3n) is 2.26. The standard InChI is InChI=1S/C12H15BrN2O2/c1-14(2)11(16)8-5-6-10(13)9(7-8)12(17)15(3)4/h5-7H,1-4H3. The van der Waals surface area contributed by atoms with E-state index in [1.54, 1.807) is 46.4 Å². The molecule has 2 amide bonds. The molecule has 4 nitrogen and oxygen atoms in total. The Morgan fingerprint density at radius 2 is 1.53 bits per heavy atom. The van der Waals surface area contributed by atoms with Crippen molar-refractivity contribution in [3.63, 3.8) is 0 Å². The van der Waals surface area contributed by atoms with Gasteiger partial charge in [-0.25, -0.2) is 0 Å². The molecule has 0 aliphatic rings. The number of halogens is 1. The topological polar surface area (TPSA) is 40.6 Å². The van der Waals surface area contributed by atoms with E-state index in [-0.39, 0.29) is 11.8 Å². The molecular formula is C12H15BrN2O2. The fourth-order valence-electron chi connectivity index (χ4n) is 1.32. The summed E-state index contributed by atoms with van der Waals surface area (Å²) in [6.45, 7) is 0. The number of hydrogen-bond donors (Lipinski definition) is 0. The van der Waals surface area contributed by atoms with E-state index in [1.807, 2.05) is 0 Å². The van der Waals surface area contributed by atoms with Crippen molar-refractivity contribution in [2.24, 2.45) is 0 Å². The van der Waals surface area contributed by atoms with Crippen molar-refractivity contribution in [2.75, 3.05) is 28.2 Å². The summed E-state index contributed by atoms with van der Waals surface area (Å²) in [6.07, 6.45) is 0. The van der Waals surface area contributed by atoms with Gasteiger partial charge in [0.2, 0.25) is 0 Å². The molecule has 0 aliphatic carbocycles. The number of carbonyl (C=O) groups is 2. The zero-order chi connectivity index (χ0) is 13.2. The third kappa shape index (κ3) is 3.06. The molecule has 0 fully saturated rings. The molecule has 0 saturated heterocycles. The van der Waals surface area contributed by atoms with Crippen molar-refractivity contribution in [1.82, 2.24) is 9.80 Å². The minimum absolute atomic E-state index is 0.120. The lowest BCUT2D eigenvalue weighted by atomic mass is 10.1. The highest BCUT2D eigenvalue weighted by atomic mass is 79.9. The second-order valence-electron chi connectivity index (χ2n) is 4.09. The molecule has 0 aromatic heterocycles. The van der Waals surface area contributed by atoms with Crippen molar-refractivity contribution < 1.29 is 9.59 Å². The third-order valence-corrected chi connectivity index (χ3v) is 2.95. The van der Waals surface area contributed by atoms with E-state index in [0.29, 0.717) is 15.6 Å². The van der Waals surface area contributed by atoms with Crippen LogP contribution in [0.5, 0.6) is 0 Å². The van der Waals surface area contributed by atoms with Crippen molar-refractivity contribution in [1.29, 1.82) is 0 Å². The number of nitrogens with zero attached hydrogens (tertiary/aromatic N) is 2. The van der Waals surface area contributed by atoms with Gasteiger partial charge in [0, 0.05) is 38.2 Å². The molecule has 1 aromatic carbocycles. The molecule has 0 unspecified atom stereocenters. The quantitative estimate of drug-likeness (QED) is 0.836. The van der Waals surface area contributed by atoms with Crippen LogP contribution in [0, 0.1) is 0 Å². The summed E-state index contributed by atoms with van der Waals surface area (Å²) in [5.41, 5.74) is 0.992. The first-order valence-corrected chi connectivity index (χ1v) is 5.86. The molecule has 0 aliphatic heterocycles. The number of amides is 2. The van der Waals surface area contributed by atoms with E-state index in [1.165, 1.54) is 9.80 Å². The molecule has 0 spiro atoms. The van der Waals surface area contributed by atoms with Gasteiger partial charge in [0.05, 0.1) is 5.56 Å². The Morgan fingerprint density at radius 1 is 1.00 bits per heavy atom. The molecule has 0 heterocycles. The number of rotatable bonds is 2. The maximum Gasteiger partial charge on any atom is 0.254 e. The van der Waals surface area contributed by atoms with E-state index in [9.17, 15) is 9.59 Å². The Bertz CT molecular complexity index is 456. The summed E-state index contributed by atoms with van der Waals surface area (Å²) in [7, 11) is 6.71. The average Bonchev–Trinajstić information content (AvgIpc) is 2.27. The minimum Gasteiger partial charge on any atom is -0.345 e. The molecule has 17 heavy (non-hydrogen) atoms. The van der Waals surface area contributed by atoms with Crippen LogP contribution in [-0.2, 0) is 0 Å². The highest BCUT2D eigenvalue weighted by molar-refractivity contribution is 9.10. The molecule has 0 bridgehead atoms. The fourth-order valence-corrected chi connectivity index (χ4v) is 1.74. The Balaban J connectivity index is 3.20. The van der Waals surface area contributed by atoms with Crippen LogP contribution in [0.15, 0.2) is 22.7 Å². The van der Waals surface area contributed by atoms with Crippen LogP contribution in [0.2, 0.25) is 0 Å². The van der Waals surface area contributed by atoms with Gasteiger partial charge in [-0.2, -0.15) is 0 Å². The maximum atomic E-state index is 11.9. The summed E-state index contributed by atoms with van der Waals surface area (Å²) >= 11 is 3.31. The molecule has 0 N–H and O–H groups in total. The van der Waals surface area contributed by atoms with Crippen molar-refractivity contribution in [3.8, 4) is 0 Å². The SMILES string of the molecule is CN(C)C(=O)c1ccc(Br)c(C(=O)N(C)C)c1. The summed E-state index contributed by atoms with van der Waals surface area (Å²) in [5, 5.41) is 0. The van der Waals surface area contributed by atoms with E-state index < -0.39 is 0 Å². The largest absolute Gasteiger partial charge is 0.345 e. The first-order chi connectivity index (χ1) is 7.84. The van der Waals surface area contributed by atoms with Crippen molar-refractivity contribution in [3.05, 3.63) is 33.8 Å². The van der Waals surface area contributed by atoms with Crippen LogP contribution in [0.3, 0.4) is 0 Å². The second-order valence-corrected chi connectivity index (χ2v) is 4.95. The summed E-state index contributed by atoms with van der Waals surface area (Å²) in [6, 6.07) is 5.01. The normalized spacial score (nSPS) is 9.94. The van der Waals surface area contributed by atoms with Gasteiger partial charge in [-0.05, 0) is 34.1 Å². The predicted molar refractivity (Wildman–Crippen MR) is 70.2 cm³/mol. The van der Waals surface area contributed by atoms with Crippen LogP contribution >= 0.6 is 15.9 Å². The molecule has 1 aromatic rings. The lowest BCUT2D eigenvalue weighted by Crippen LogP contribution is -2.24. The molecule has 5 heteroatoms. The van der Waals surface area contributed by atoms with Gasteiger partial charge >= 0.3 is 0 Å². The van der Waals surface area contributed by atoms with E-state index >= 15 is 0 Å². The second kappa shape index (κ2) is 5.31. The lowest BCUT2D eigenvalue weighted by Gasteiger charge is -2.14. The zero-order valence-corrected chi connectivity index (χ0v) is 11.9. The van der Waals surface area contributed by atoms with Gasteiger partial charge < -0.3 is 9.80 Å². The number of carbonyl (C=O) groups excluding carboxylic acids is 2. The fraction of sp³-hybridized carbons (Fsp3) is 0.333. The first-order valence-electron chi connectivity index (χ1n) is 5.07. The summed E-state index contributed by atoms with van der Waals surface area (Å²) < 4.78 is 0.687. The van der Waals surface area contributed by atoms with E-state index in [0.717, 1.165) is 0 Å². The van der Waals surface area contributed by atoms with Crippen LogP contribution in [-0.4, -0.2) is 49.8 Å². The predicted octanol–water partition coefficient (Wildman–Crippen LogP) is 1.85. The van der Waals surface area contributed by atoms with Gasteiger partial charge in [0.25, 0.3) is 11.8 Å². The maximum absolute atomic E-state index is 11.9. The Kier molecular flexibility index (Phi) is 4.28. The molecule has 1 rings (SSSR count). The van der Waals surface area contributed by atoms with Crippen molar-refractivity contribution in [2.45, 2.75) is 0 Å². The van der Waals surface area contributed by atoms with E-state index in [2.05, 4.69) is 15.9 Å². The Morgan fingerprint density at radius 3 is 2.00 bits per heavy atom. The first kappa shape index (κ1) is 13.7. The highest BCUT2D eigenvalue weighted by Crippen LogP contribution is 2.20. The summed E-state index contributed by atoms with van der Waals surface area (Å²) in [4.78, 5) is 26.6. The van der Waals surface area contributed by atoms with Crippen LogP contribution in [0.4, 0.5) is 0 Å². The minimum atomic E-state index is -0.134. The number of benzene rings is 1. The average molecular weight is 299 g/mol. The smallest absolute Gasteiger partial charge is 0.254 e. The van der Waals surface area contributed by atoms with Gasteiger partial charge in [-0.3, -0.25) is 9.59 Å².